The van der Waals surface area contributed by atoms with Gasteiger partial charge in [0.15, 0.2) is 0 Å². The van der Waals surface area contributed by atoms with E-state index in [1.54, 1.807) is 0 Å². The van der Waals surface area contributed by atoms with E-state index >= 15 is 0 Å². The molecule has 1 aromatic rings. The highest BCUT2D eigenvalue weighted by atomic mass is 16.6. The summed E-state index contributed by atoms with van der Waals surface area (Å²) in [4.78, 5) is 12.1. The first kappa shape index (κ1) is 15.5. The number of aryl methyl sites for hydroxylation is 1. The maximum atomic E-state index is 12.1. The largest absolute Gasteiger partial charge is 0.373 e. The second-order valence-corrected chi connectivity index (χ2v) is 6.24. The first-order valence-electron chi connectivity index (χ1n) is 8.38. The van der Waals surface area contributed by atoms with Gasteiger partial charge in [0.25, 0.3) is 0 Å². The highest BCUT2D eigenvalue weighted by Gasteiger charge is 2.34. The molecule has 1 amide bonds. The van der Waals surface area contributed by atoms with Crippen molar-refractivity contribution in [3.8, 4) is 0 Å². The predicted molar refractivity (Wildman–Crippen MR) is 84.6 cm³/mol. The molecule has 0 radical (unpaired) electrons. The third-order valence-electron chi connectivity index (χ3n) is 4.56. The van der Waals surface area contributed by atoms with Gasteiger partial charge in [0.05, 0.1) is 25.4 Å². The van der Waals surface area contributed by atoms with E-state index in [-0.39, 0.29) is 24.2 Å². The molecule has 0 spiro atoms. The van der Waals surface area contributed by atoms with Gasteiger partial charge in [0.2, 0.25) is 5.91 Å². The van der Waals surface area contributed by atoms with Gasteiger partial charge in [-0.15, -0.1) is 0 Å². The van der Waals surface area contributed by atoms with Gasteiger partial charge >= 0.3 is 0 Å². The van der Waals surface area contributed by atoms with Crippen LogP contribution in [0.25, 0.3) is 0 Å². The molecule has 4 heteroatoms. The zero-order valence-corrected chi connectivity index (χ0v) is 13.0. The van der Waals surface area contributed by atoms with Crippen molar-refractivity contribution in [1.29, 1.82) is 0 Å². The third-order valence-corrected chi connectivity index (χ3v) is 4.56. The fourth-order valence-corrected chi connectivity index (χ4v) is 3.40. The van der Waals surface area contributed by atoms with Crippen molar-refractivity contribution in [3.05, 3.63) is 35.9 Å². The molecule has 3 rings (SSSR count). The maximum Gasteiger partial charge on any atom is 0.220 e. The molecule has 3 unspecified atom stereocenters. The van der Waals surface area contributed by atoms with Crippen molar-refractivity contribution in [2.75, 3.05) is 13.2 Å². The van der Waals surface area contributed by atoms with E-state index in [9.17, 15) is 4.79 Å². The summed E-state index contributed by atoms with van der Waals surface area (Å²) < 4.78 is 11.5. The molecule has 1 aliphatic heterocycles. The smallest absolute Gasteiger partial charge is 0.220 e. The number of hydrogen-bond acceptors (Lipinski definition) is 3. The number of nitrogens with one attached hydrogen (secondary N) is 1. The number of benzene rings is 1. The lowest BCUT2D eigenvalue weighted by atomic mass is 9.89. The molecule has 4 nitrogen and oxygen atoms in total. The first-order valence-corrected chi connectivity index (χ1v) is 8.38. The van der Waals surface area contributed by atoms with E-state index in [1.165, 1.54) is 5.56 Å². The van der Waals surface area contributed by atoms with Crippen LogP contribution in [0.1, 0.15) is 37.7 Å². The van der Waals surface area contributed by atoms with Gasteiger partial charge in [-0.3, -0.25) is 4.79 Å². The maximum absolute atomic E-state index is 12.1. The molecule has 1 aromatic carbocycles. The Balaban J connectivity index is 1.37. The quantitative estimate of drug-likeness (QED) is 0.909. The number of carbonyl (C=O) groups is 1. The minimum absolute atomic E-state index is 0.163. The van der Waals surface area contributed by atoms with Crippen LogP contribution in [0.4, 0.5) is 0 Å². The molecule has 1 aliphatic carbocycles. The van der Waals surface area contributed by atoms with E-state index in [2.05, 4.69) is 17.4 Å². The predicted octanol–water partition coefficient (Wildman–Crippen LogP) is 2.46. The minimum atomic E-state index is 0.163. The van der Waals surface area contributed by atoms with Crippen LogP contribution in [0, 0.1) is 0 Å². The summed E-state index contributed by atoms with van der Waals surface area (Å²) >= 11 is 0. The van der Waals surface area contributed by atoms with Crippen LogP contribution in [0.3, 0.4) is 0 Å². The van der Waals surface area contributed by atoms with Gasteiger partial charge in [-0.2, -0.15) is 0 Å². The second-order valence-electron chi connectivity index (χ2n) is 6.24. The Bertz CT molecular complexity index is 476. The van der Waals surface area contributed by atoms with Crippen LogP contribution in [0.15, 0.2) is 30.3 Å². The summed E-state index contributed by atoms with van der Waals surface area (Å²) in [6, 6.07) is 10.6. The molecule has 2 fully saturated rings. The Hall–Kier alpha value is -1.39. The molecule has 1 N–H and O–H groups in total. The van der Waals surface area contributed by atoms with E-state index < -0.39 is 0 Å². The molecule has 0 aromatic heterocycles. The first-order chi connectivity index (χ1) is 10.8. The molecule has 1 saturated heterocycles. The lowest BCUT2D eigenvalue weighted by Crippen LogP contribution is -2.49. The van der Waals surface area contributed by atoms with Crippen molar-refractivity contribution in [1.82, 2.24) is 5.32 Å². The molecule has 22 heavy (non-hydrogen) atoms. The monoisotopic (exact) mass is 303 g/mol. The van der Waals surface area contributed by atoms with Crippen molar-refractivity contribution in [3.63, 3.8) is 0 Å². The SMILES string of the molecule is O=C(CCCc1ccccc1)NC1CCC2OCCOC2C1. The van der Waals surface area contributed by atoms with E-state index in [1.807, 2.05) is 18.2 Å². The van der Waals surface area contributed by atoms with Gasteiger partial charge in [-0.05, 0) is 37.7 Å². The Kier molecular flexibility index (Phi) is 5.46. The van der Waals surface area contributed by atoms with Crippen molar-refractivity contribution in [2.24, 2.45) is 0 Å². The standard InChI is InChI=1S/C18H25NO3/c20-18(8-4-7-14-5-2-1-3-6-14)19-15-9-10-16-17(13-15)22-12-11-21-16/h1-3,5-6,15-17H,4,7-13H2,(H,19,20). The zero-order chi connectivity index (χ0) is 15.2. The van der Waals surface area contributed by atoms with Gasteiger partial charge in [0, 0.05) is 12.5 Å². The summed E-state index contributed by atoms with van der Waals surface area (Å²) in [5.41, 5.74) is 1.29. The summed E-state index contributed by atoms with van der Waals surface area (Å²) in [5.74, 6) is 0.163. The van der Waals surface area contributed by atoms with Gasteiger partial charge < -0.3 is 14.8 Å². The summed E-state index contributed by atoms with van der Waals surface area (Å²) in [6.07, 6.45) is 5.71. The molecule has 1 saturated carbocycles. The van der Waals surface area contributed by atoms with Gasteiger partial charge in [0.1, 0.15) is 0 Å². The van der Waals surface area contributed by atoms with Crippen LogP contribution in [0.5, 0.6) is 0 Å². The lowest BCUT2D eigenvalue weighted by Gasteiger charge is -2.39. The number of amides is 1. The number of carbonyl (C=O) groups excluding carboxylic acids is 1. The average Bonchev–Trinajstić information content (AvgIpc) is 2.56. The van der Waals surface area contributed by atoms with E-state index in [4.69, 9.17) is 9.47 Å². The highest BCUT2D eigenvalue weighted by molar-refractivity contribution is 5.76. The number of rotatable bonds is 5. The molecule has 2 aliphatic rings. The van der Waals surface area contributed by atoms with Crippen LogP contribution in [-0.2, 0) is 20.7 Å². The van der Waals surface area contributed by atoms with Crippen molar-refractivity contribution in [2.45, 2.75) is 56.8 Å². The molecular formula is C18H25NO3. The highest BCUT2D eigenvalue weighted by Crippen LogP contribution is 2.26. The Morgan fingerprint density at radius 1 is 1.09 bits per heavy atom. The fourth-order valence-electron chi connectivity index (χ4n) is 3.40. The Morgan fingerprint density at radius 3 is 2.68 bits per heavy atom. The van der Waals surface area contributed by atoms with Crippen LogP contribution in [-0.4, -0.2) is 37.4 Å². The van der Waals surface area contributed by atoms with E-state index in [0.717, 1.165) is 32.1 Å². The fraction of sp³-hybridized carbons (Fsp3) is 0.611. The van der Waals surface area contributed by atoms with Crippen molar-refractivity contribution < 1.29 is 14.3 Å². The molecular weight excluding hydrogens is 278 g/mol. The second kappa shape index (κ2) is 7.75. The Morgan fingerprint density at radius 2 is 1.86 bits per heavy atom. The Labute approximate surface area is 132 Å². The topological polar surface area (TPSA) is 47.6 Å². The summed E-state index contributed by atoms with van der Waals surface area (Å²) in [7, 11) is 0. The van der Waals surface area contributed by atoms with Crippen molar-refractivity contribution >= 4 is 5.91 Å². The summed E-state index contributed by atoms with van der Waals surface area (Å²) in [6.45, 7) is 1.39. The number of hydrogen-bond donors (Lipinski definition) is 1. The van der Waals surface area contributed by atoms with Crippen LogP contribution >= 0.6 is 0 Å². The van der Waals surface area contributed by atoms with Gasteiger partial charge in [-0.25, -0.2) is 0 Å². The molecule has 3 atom stereocenters. The molecule has 0 bridgehead atoms. The number of ether oxygens (including phenoxy) is 2. The average molecular weight is 303 g/mol. The molecule has 1 heterocycles. The zero-order valence-electron chi connectivity index (χ0n) is 13.0. The van der Waals surface area contributed by atoms with Crippen LogP contribution < -0.4 is 5.32 Å². The minimum Gasteiger partial charge on any atom is -0.373 e. The van der Waals surface area contributed by atoms with Crippen LogP contribution in [0.2, 0.25) is 0 Å². The number of fused-ring (bicyclic) bond motifs is 1. The lowest BCUT2D eigenvalue weighted by molar-refractivity contribution is -0.158. The molecule has 120 valence electrons. The normalized spacial score (nSPS) is 27.9. The summed E-state index contributed by atoms with van der Waals surface area (Å²) in [5, 5.41) is 3.16. The third kappa shape index (κ3) is 4.31. The van der Waals surface area contributed by atoms with E-state index in [0.29, 0.717) is 19.6 Å². The van der Waals surface area contributed by atoms with Gasteiger partial charge in [-0.1, -0.05) is 30.3 Å².